The Morgan fingerprint density at radius 1 is 1.30 bits per heavy atom. The molecule has 1 aliphatic rings. The van der Waals surface area contributed by atoms with Crippen LogP contribution in [0.3, 0.4) is 0 Å². The summed E-state index contributed by atoms with van der Waals surface area (Å²) >= 11 is 5.98. The molecule has 0 spiro atoms. The Kier molecular flexibility index (Phi) is 5.77. The molecule has 0 aliphatic carbocycles. The van der Waals surface area contributed by atoms with Crippen molar-refractivity contribution in [1.29, 1.82) is 0 Å². The number of halogens is 1. The largest absolute Gasteiger partial charge is 0.350 e. The van der Waals surface area contributed by atoms with Crippen molar-refractivity contribution in [2.24, 2.45) is 0 Å². The first-order chi connectivity index (χ1) is 14.4. The van der Waals surface area contributed by atoms with Gasteiger partial charge in [0.05, 0.1) is 12.2 Å². The zero-order chi connectivity index (χ0) is 21.1. The number of benzene rings is 1. The molecular formula is C23H25ClN4O2. The van der Waals surface area contributed by atoms with Gasteiger partial charge in [0.25, 0.3) is 0 Å². The van der Waals surface area contributed by atoms with Crippen LogP contribution in [0.15, 0.2) is 48.8 Å². The second-order valence-electron chi connectivity index (χ2n) is 8.06. The molecule has 6 nitrogen and oxygen atoms in total. The number of pyridine rings is 1. The summed E-state index contributed by atoms with van der Waals surface area (Å²) < 4.78 is 1.96. The first-order valence-electron chi connectivity index (χ1n) is 10.2. The third-order valence-corrected chi connectivity index (χ3v) is 5.97. The Bertz CT molecular complexity index is 1080. The van der Waals surface area contributed by atoms with Crippen LogP contribution in [0.25, 0.3) is 5.65 Å². The van der Waals surface area contributed by atoms with Gasteiger partial charge in [-0.25, -0.2) is 4.98 Å². The predicted octanol–water partition coefficient (Wildman–Crippen LogP) is 3.58. The third kappa shape index (κ3) is 4.65. The average molecular weight is 425 g/mol. The number of fused-ring (bicyclic) bond motifs is 1. The molecule has 4 rings (SSSR count). The SMILES string of the molecule is Cc1cccn2cc(CNC(=O)CC[C@]3(Cc4ccc(Cl)cc4)CCC(=O)N3)nc12. The summed E-state index contributed by atoms with van der Waals surface area (Å²) in [5.74, 6) is 0.00449. The topological polar surface area (TPSA) is 75.5 Å². The molecule has 3 aromatic rings. The Balaban J connectivity index is 1.35. The Morgan fingerprint density at radius 3 is 2.80 bits per heavy atom. The lowest BCUT2D eigenvalue weighted by Gasteiger charge is -2.29. The van der Waals surface area contributed by atoms with E-state index in [9.17, 15) is 9.59 Å². The lowest BCUT2D eigenvalue weighted by molar-refractivity contribution is -0.122. The smallest absolute Gasteiger partial charge is 0.220 e. The summed E-state index contributed by atoms with van der Waals surface area (Å²) in [4.78, 5) is 29.0. The summed E-state index contributed by atoms with van der Waals surface area (Å²) in [5, 5.41) is 6.76. The van der Waals surface area contributed by atoms with Crippen molar-refractivity contribution < 1.29 is 9.59 Å². The molecule has 30 heavy (non-hydrogen) atoms. The average Bonchev–Trinajstić information content (AvgIpc) is 3.31. The van der Waals surface area contributed by atoms with E-state index in [0.29, 0.717) is 37.3 Å². The molecule has 1 saturated heterocycles. The maximum Gasteiger partial charge on any atom is 0.220 e. The molecule has 1 fully saturated rings. The van der Waals surface area contributed by atoms with Crippen LogP contribution in [0.5, 0.6) is 0 Å². The van der Waals surface area contributed by atoms with E-state index >= 15 is 0 Å². The van der Waals surface area contributed by atoms with E-state index in [1.54, 1.807) is 0 Å². The van der Waals surface area contributed by atoms with Crippen LogP contribution < -0.4 is 10.6 Å². The number of aromatic nitrogens is 2. The van der Waals surface area contributed by atoms with E-state index < -0.39 is 0 Å². The summed E-state index contributed by atoms with van der Waals surface area (Å²) in [5.41, 5.74) is 3.53. The number of hydrogen-bond acceptors (Lipinski definition) is 3. The van der Waals surface area contributed by atoms with Crippen LogP contribution >= 0.6 is 11.6 Å². The van der Waals surface area contributed by atoms with Crippen LogP contribution in [0, 0.1) is 6.92 Å². The number of imidazole rings is 1. The van der Waals surface area contributed by atoms with Crippen LogP contribution in [0.1, 0.15) is 42.5 Å². The highest BCUT2D eigenvalue weighted by Gasteiger charge is 2.37. The second-order valence-corrected chi connectivity index (χ2v) is 8.50. The number of nitrogens with one attached hydrogen (secondary N) is 2. The fourth-order valence-electron chi connectivity index (χ4n) is 4.09. The van der Waals surface area contributed by atoms with Crippen molar-refractivity contribution in [2.75, 3.05) is 0 Å². The van der Waals surface area contributed by atoms with Gasteiger partial charge in [0, 0.05) is 35.8 Å². The van der Waals surface area contributed by atoms with Gasteiger partial charge in [-0.2, -0.15) is 0 Å². The monoisotopic (exact) mass is 424 g/mol. The van der Waals surface area contributed by atoms with E-state index in [1.165, 1.54) is 0 Å². The first-order valence-corrected chi connectivity index (χ1v) is 10.6. The number of carbonyl (C=O) groups excluding carboxylic acids is 2. The minimum atomic E-state index is -0.386. The quantitative estimate of drug-likeness (QED) is 0.608. The van der Waals surface area contributed by atoms with E-state index in [2.05, 4.69) is 15.6 Å². The van der Waals surface area contributed by atoms with Gasteiger partial charge >= 0.3 is 0 Å². The molecular weight excluding hydrogens is 400 g/mol. The fourth-order valence-corrected chi connectivity index (χ4v) is 4.22. The van der Waals surface area contributed by atoms with Gasteiger partial charge in [-0.05, 0) is 55.5 Å². The first kappa shape index (κ1) is 20.4. The highest BCUT2D eigenvalue weighted by Crippen LogP contribution is 2.30. The molecule has 7 heteroatoms. The van der Waals surface area contributed by atoms with Crippen molar-refractivity contribution in [2.45, 2.75) is 51.1 Å². The number of rotatable bonds is 7. The Morgan fingerprint density at radius 2 is 2.10 bits per heavy atom. The standard InChI is InChI=1S/C23H25ClN4O2/c1-16-3-2-12-28-15-19(26-22(16)28)14-25-20(29)8-10-23(11-9-21(30)27-23)13-17-4-6-18(24)7-5-17/h2-7,12,15H,8-11,13-14H2,1H3,(H,25,29)(H,27,30)/t23-/m1/s1. The fraction of sp³-hybridized carbons (Fsp3) is 0.348. The summed E-state index contributed by atoms with van der Waals surface area (Å²) in [6, 6.07) is 11.6. The van der Waals surface area contributed by atoms with E-state index in [4.69, 9.17) is 11.6 Å². The summed E-state index contributed by atoms with van der Waals surface area (Å²) in [6.45, 7) is 2.40. The second kappa shape index (κ2) is 8.48. The maximum absolute atomic E-state index is 12.5. The van der Waals surface area contributed by atoms with Gasteiger partial charge in [0.1, 0.15) is 5.65 Å². The number of hydrogen-bond donors (Lipinski definition) is 2. The van der Waals surface area contributed by atoms with Gasteiger partial charge in [-0.3, -0.25) is 9.59 Å². The number of aryl methyl sites for hydroxylation is 1. The third-order valence-electron chi connectivity index (χ3n) is 5.72. The Hall–Kier alpha value is -2.86. The number of nitrogens with zero attached hydrogens (tertiary/aromatic N) is 2. The molecule has 2 N–H and O–H groups in total. The number of amides is 2. The normalized spacial score (nSPS) is 18.5. The van der Waals surface area contributed by atoms with Crippen molar-refractivity contribution >= 4 is 29.1 Å². The lowest BCUT2D eigenvalue weighted by Crippen LogP contribution is -2.44. The van der Waals surface area contributed by atoms with Crippen molar-refractivity contribution in [3.8, 4) is 0 Å². The van der Waals surface area contributed by atoms with Gasteiger partial charge in [0.15, 0.2) is 0 Å². The van der Waals surface area contributed by atoms with Gasteiger partial charge in [-0.1, -0.05) is 29.8 Å². The highest BCUT2D eigenvalue weighted by molar-refractivity contribution is 6.30. The molecule has 1 aliphatic heterocycles. The Labute approximate surface area is 180 Å². The maximum atomic E-state index is 12.5. The molecule has 0 saturated carbocycles. The van der Waals surface area contributed by atoms with Crippen molar-refractivity contribution in [3.63, 3.8) is 0 Å². The van der Waals surface area contributed by atoms with Crippen LogP contribution in [0.2, 0.25) is 5.02 Å². The molecule has 2 amide bonds. The van der Waals surface area contributed by atoms with E-state index in [-0.39, 0.29) is 17.4 Å². The van der Waals surface area contributed by atoms with Crippen LogP contribution in [0.4, 0.5) is 0 Å². The van der Waals surface area contributed by atoms with Crippen molar-refractivity contribution in [3.05, 3.63) is 70.6 Å². The molecule has 3 heterocycles. The van der Waals surface area contributed by atoms with E-state index in [0.717, 1.165) is 28.9 Å². The zero-order valence-corrected chi connectivity index (χ0v) is 17.7. The molecule has 156 valence electrons. The van der Waals surface area contributed by atoms with Gasteiger partial charge in [-0.15, -0.1) is 0 Å². The minimum absolute atomic E-state index is 0.0413. The summed E-state index contributed by atoms with van der Waals surface area (Å²) in [7, 11) is 0. The molecule has 2 aromatic heterocycles. The minimum Gasteiger partial charge on any atom is -0.350 e. The number of carbonyl (C=O) groups is 2. The van der Waals surface area contributed by atoms with Crippen LogP contribution in [-0.4, -0.2) is 26.7 Å². The molecule has 0 bridgehead atoms. The highest BCUT2D eigenvalue weighted by atomic mass is 35.5. The molecule has 0 radical (unpaired) electrons. The van der Waals surface area contributed by atoms with Crippen LogP contribution in [-0.2, 0) is 22.6 Å². The van der Waals surface area contributed by atoms with E-state index in [1.807, 2.05) is 60.1 Å². The van der Waals surface area contributed by atoms with Crippen molar-refractivity contribution in [1.82, 2.24) is 20.0 Å². The molecule has 0 unspecified atom stereocenters. The molecule has 1 aromatic carbocycles. The van der Waals surface area contributed by atoms with Gasteiger partial charge < -0.3 is 15.0 Å². The predicted molar refractivity (Wildman–Crippen MR) is 116 cm³/mol. The zero-order valence-electron chi connectivity index (χ0n) is 17.0. The lowest BCUT2D eigenvalue weighted by atomic mass is 9.85. The molecule has 1 atom stereocenters. The van der Waals surface area contributed by atoms with Gasteiger partial charge in [0.2, 0.25) is 11.8 Å². The summed E-state index contributed by atoms with van der Waals surface area (Å²) in [6.07, 6.45) is 6.74.